The molecule has 1 atom stereocenters. The minimum Gasteiger partial charge on any atom is -0.395 e. The fourth-order valence-corrected chi connectivity index (χ4v) is 6.05. The number of carbonyl (C=O) groups is 1. The second kappa shape index (κ2) is 9.70. The molecule has 0 radical (unpaired) electrons. The summed E-state index contributed by atoms with van der Waals surface area (Å²) in [6, 6.07) is 14.3. The maximum absolute atomic E-state index is 13.1. The SMILES string of the molecule is CCC(CO)N1CCN(S(=O)(=O)c2ccc(C(=O)N3CCCc4ccccc43)cc2)CC1. The summed E-state index contributed by atoms with van der Waals surface area (Å²) in [6.07, 6.45) is 2.71. The van der Waals surface area contributed by atoms with Crippen LogP contribution in [0.3, 0.4) is 0 Å². The molecule has 32 heavy (non-hydrogen) atoms. The molecule has 2 heterocycles. The highest BCUT2D eigenvalue weighted by atomic mass is 32.2. The van der Waals surface area contributed by atoms with Crippen LogP contribution in [-0.2, 0) is 16.4 Å². The fraction of sp³-hybridized carbons (Fsp3) is 0.458. The van der Waals surface area contributed by atoms with E-state index in [-0.39, 0.29) is 23.5 Å². The van der Waals surface area contributed by atoms with Gasteiger partial charge in [0.05, 0.1) is 11.5 Å². The summed E-state index contributed by atoms with van der Waals surface area (Å²) in [5, 5.41) is 9.50. The van der Waals surface area contributed by atoms with Crippen LogP contribution in [0, 0.1) is 0 Å². The van der Waals surface area contributed by atoms with E-state index in [2.05, 4.69) is 4.90 Å². The molecule has 1 amide bonds. The number of benzene rings is 2. The molecule has 1 N–H and O–H groups in total. The molecular weight excluding hydrogens is 426 g/mol. The van der Waals surface area contributed by atoms with E-state index in [9.17, 15) is 18.3 Å². The van der Waals surface area contributed by atoms with Crippen LogP contribution in [0.15, 0.2) is 53.4 Å². The topological polar surface area (TPSA) is 81.2 Å². The summed E-state index contributed by atoms with van der Waals surface area (Å²) >= 11 is 0. The first kappa shape index (κ1) is 22.9. The van der Waals surface area contributed by atoms with Crippen molar-refractivity contribution in [1.29, 1.82) is 0 Å². The van der Waals surface area contributed by atoms with Gasteiger partial charge in [0.15, 0.2) is 0 Å². The van der Waals surface area contributed by atoms with E-state index in [4.69, 9.17) is 0 Å². The van der Waals surface area contributed by atoms with Gasteiger partial charge in [-0.1, -0.05) is 25.1 Å². The average molecular weight is 458 g/mol. The van der Waals surface area contributed by atoms with Crippen LogP contribution in [0.4, 0.5) is 5.69 Å². The van der Waals surface area contributed by atoms with Gasteiger partial charge in [-0.3, -0.25) is 9.69 Å². The summed E-state index contributed by atoms with van der Waals surface area (Å²) in [5.74, 6) is -0.107. The van der Waals surface area contributed by atoms with Gasteiger partial charge in [0.1, 0.15) is 0 Å². The number of aryl methyl sites for hydroxylation is 1. The molecule has 1 saturated heterocycles. The van der Waals surface area contributed by atoms with Crippen molar-refractivity contribution in [2.45, 2.75) is 37.1 Å². The Hall–Kier alpha value is -2.26. The molecule has 2 aliphatic heterocycles. The molecule has 0 aromatic heterocycles. The third-order valence-electron chi connectivity index (χ3n) is 6.57. The van der Waals surface area contributed by atoms with Crippen LogP contribution in [0.2, 0.25) is 0 Å². The lowest BCUT2D eigenvalue weighted by atomic mass is 10.0. The van der Waals surface area contributed by atoms with Crippen LogP contribution in [-0.4, -0.2) is 74.0 Å². The highest BCUT2D eigenvalue weighted by Crippen LogP contribution is 2.28. The molecule has 7 nitrogen and oxygen atoms in total. The molecular formula is C24H31N3O4S. The van der Waals surface area contributed by atoms with Gasteiger partial charge < -0.3 is 10.0 Å². The van der Waals surface area contributed by atoms with Crippen molar-refractivity contribution in [2.24, 2.45) is 0 Å². The molecule has 1 fully saturated rings. The van der Waals surface area contributed by atoms with Gasteiger partial charge in [0.25, 0.3) is 5.91 Å². The first-order chi connectivity index (χ1) is 15.5. The number of hydrogen-bond donors (Lipinski definition) is 1. The number of amides is 1. The van der Waals surface area contributed by atoms with Crippen molar-refractivity contribution < 1.29 is 18.3 Å². The summed E-state index contributed by atoms with van der Waals surface area (Å²) < 4.78 is 27.7. The number of aliphatic hydroxyl groups is 1. The fourth-order valence-electron chi connectivity index (χ4n) is 4.63. The first-order valence-electron chi connectivity index (χ1n) is 11.3. The maximum Gasteiger partial charge on any atom is 0.258 e. The number of piperazine rings is 1. The smallest absolute Gasteiger partial charge is 0.258 e. The third kappa shape index (κ3) is 4.45. The molecule has 4 rings (SSSR count). The van der Waals surface area contributed by atoms with Crippen LogP contribution in [0.25, 0.3) is 0 Å². The van der Waals surface area contributed by atoms with E-state index in [1.807, 2.05) is 31.2 Å². The van der Waals surface area contributed by atoms with Crippen molar-refractivity contribution in [3.05, 3.63) is 59.7 Å². The van der Waals surface area contributed by atoms with Crippen molar-refractivity contribution in [1.82, 2.24) is 9.21 Å². The lowest BCUT2D eigenvalue weighted by Crippen LogP contribution is -2.52. The van der Waals surface area contributed by atoms with Gasteiger partial charge in [-0.25, -0.2) is 8.42 Å². The van der Waals surface area contributed by atoms with Crippen LogP contribution in [0.1, 0.15) is 35.7 Å². The van der Waals surface area contributed by atoms with Gasteiger partial charge in [0.2, 0.25) is 10.0 Å². The van der Waals surface area contributed by atoms with Gasteiger partial charge in [0, 0.05) is 50.0 Å². The first-order valence-corrected chi connectivity index (χ1v) is 12.7. The lowest BCUT2D eigenvalue weighted by molar-refractivity contribution is 0.0881. The van der Waals surface area contributed by atoms with Gasteiger partial charge >= 0.3 is 0 Å². The molecule has 0 aliphatic carbocycles. The Morgan fingerprint density at radius 2 is 1.69 bits per heavy atom. The number of aliphatic hydroxyl groups excluding tert-OH is 1. The molecule has 2 aromatic rings. The molecule has 0 saturated carbocycles. The monoisotopic (exact) mass is 457 g/mol. The molecule has 2 aromatic carbocycles. The highest BCUT2D eigenvalue weighted by Gasteiger charge is 2.31. The number of hydrogen-bond acceptors (Lipinski definition) is 5. The van der Waals surface area contributed by atoms with Gasteiger partial charge in [-0.05, 0) is 55.2 Å². The number of carbonyl (C=O) groups excluding carboxylic acids is 1. The summed E-state index contributed by atoms with van der Waals surface area (Å²) in [6.45, 7) is 4.75. The Labute approximate surface area is 190 Å². The van der Waals surface area contributed by atoms with E-state index < -0.39 is 10.0 Å². The highest BCUT2D eigenvalue weighted by molar-refractivity contribution is 7.89. The van der Waals surface area contributed by atoms with Crippen LogP contribution in [0.5, 0.6) is 0 Å². The summed E-state index contributed by atoms with van der Waals surface area (Å²) in [5.41, 5.74) is 2.59. The molecule has 172 valence electrons. The Morgan fingerprint density at radius 3 is 2.34 bits per heavy atom. The Kier molecular flexibility index (Phi) is 6.95. The number of fused-ring (bicyclic) bond motifs is 1. The van der Waals surface area contributed by atoms with E-state index in [1.54, 1.807) is 17.0 Å². The van der Waals surface area contributed by atoms with Crippen molar-refractivity contribution in [2.75, 3.05) is 44.2 Å². The maximum atomic E-state index is 13.1. The minimum absolute atomic E-state index is 0.0741. The predicted molar refractivity (Wildman–Crippen MR) is 124 cm³/mol. The van der Waals surface area contributed by atoms with Gasteiger partial charge in [-0.15, -0.1) is 0 Å². The van der Waals surface area contributed by atoms with E-state index >= 15 is 0 Å². The zero-order chi connectivity index (χ0) is 22.7. The Morgan fingerprint density at radius 1 is 1.00 bits per heavy atom. The number of rotatable bonds is 6. The van der Waals surface area contributed by atoms with Crippen molar-refractivity contribution in [3.63, 3.8) is 0 Å². The molecule has 1 unspecified atom stereocenters. The summed E-state index contributed by atoms with van der Waals surface area (Å²) in [4.78, 5) is 17.3. The predicted octanol–water partition coefficient (Wildman–Crippen LogP) is 2.36. The Bertz CT molecular complexity index is 1040. The normalized spacial score (nSPS) is 18.9. The second-order valence-electron chi connectivity index (χ2n) is 8.40. The quantitative estimate of drug-likeness (QED) is 0.720. The van der Waals surface area contributed by atoms with Crippen LogP contribution < -0.4 is 4.90 Å². The number of anilines is 1. The zero-order valence-electron chi connectivity index (χ0n) is 18.5. The second-order valence-corrected chi connectivity index (χ2v) is 10.3. The van der Waals surface area contributed by atoms with Crippen LogP contribution >= 0.6 is 0 Å². The van der Waals surface area contributed by atoms with E-state index in [1.165, 1.54) is 16.4 Å². The number of sulfonamides is 1. The third-order valence-corrected chi connectivity index (χ3v) is 8.48. The van der Waals surface area contributed by atoms with E-state index in [0.717, 1.165) is 30.5 Å². The zero-order valence-corrected chi connectivity index (χ0v) is 19.3. The Balaban J connectivity index is 1.46. The standard InChI is InChI=1S/C24H31N3O4S/c1-2-21(18-28)25-14-16-26(17-15-25)32(30,31)22-11-9-20(10-12-22)24(29)27-13-5-7-19-6-3-4-8-23(19)27/h3-4,6,8-12,21,28H,2,5,7,13-18H2,1H3. The molecule has 2 aliphatic rings. The average Bonchev–Trinajstić information content (AvgIpc) is 2.84. The molecule has 8 heteroatoms. The minimum atomic E-state index is -3.62. The van der Waals surface area contributed by atoms with E-state index in [0.29, 0.717) is 38.3 Å². The molecule has 0 bridgehead atoms. The molecule has 0 spiro atoms. The van der Waals surface area contributed by atoms with Gasteiger partial charge in [-0.2, -0.15) is 4.31 Å². The number of nitrogens with zero attached hydrogens (tertiary/aromatic N) is 3. The summed E-state index contributed by atoms with van der Waals surface area (Å²) in [7, 11) is -3.62. The van der Waals surface area contributed by atoms with Crippen molar-refractivity contribution in [3.8, 4) is 0 Å². The lowest BCUT2D eigenvalue weighted by Gasteiger charge is -2.37. The largest absolute Gasteiger partial charge is 0.395 e. The number of para-hydroxylation sites is 1. The van der Waals surface area contributed by atoms with Crippen molar-refractivity contribution >= 4 is 21.6 Å².